The van der Waals surface area contributed by atoms with Gasteiger partial charge in [0.1, 0.15) is 6.20 Å². The van der Waals surface area contributed by atoms with Gasteiger partial charge >= 0.3 is 0 Å². The van der Waals surface area contributed by atoms with E-state index in [4.69, 9.17) is 4.74 Å². The van der Waals surface area contributed by atoms with Gasteiger partial charge in [0.2, 0.25) is 5.95 Å². The first kappa shape index (κ1) is 15.0. The van der Waals surface area contributed by atoms with Crippen molar-refractivity contribution in [2.45, 2.75) is 0 Å². The lowest BCUT2D eigenvalue weighted by Crippen LogP contribution is -2.37. The first-order valence-electron chi connectivity index (χ1n) is 7.15. The number of pyridine rings is 1. The van der Waals surface area contributed by atoms with Crippen LogP contribution in [0.5, 0.6) is 0 Å². The van der Waals surface area contributed by atoms with Crippen molar-refractivity contribution in [2.75, 3.05) is 31.2 Å². The molecule has 0 aliphatic carbocycles. The Kier molecular flexibility index (Phi) is 4.53. The Labute approximate surface area is 132 Å². The molecule has 3 rings (SSSR count). The predicted octanol–water partition coefficient (Wildman–Crippen LogP) is 1.79. The fourth-order valence-corrected chi connectivity index (χ4v) is 2.13. The van der Waals surface area contributed by atoms with Crippen molar-refractivity contribution in [2.24, 2.45) is 0 Å². The maximum absolute atomic E-state index is 10.6. The highest BCUT2D eigenvalue weighted by Gasteiger charge is 2.12. The molecule has 1 aliphatic heterocycles. The number of rotatable bonds is 4. The summed E-state index contributed by atoms with van der Waals surface area (Å²) in [7, 11) is 0. The molecule has 23 heavy (non-hydrogen) atoms. The molecule has 0 amide bonds. The van der Waals surface area contributed by atoms with Gasteiger partial charge in [-0.3, -0.25) is 10.1 Å². The number of ether oxygens (including phenoxy) is 1. The Hall–Kier alpha value is -2.87. The molecule has 1 aliphatic rings. The van der Waals surface area contributed by atoms with Crippen LogP contribution in [0.15, 0.2) is 30.7 Å². The standard InChI is InChI=1S/C15H15N5O3/c21-20(22)14-4-3-13(16-11-14)2-1-12-9-17-15(18-10-12)19-5-7-23-8-6-19/h1-4,9-11H,5-8H2. The molecule has 118 valence electrons. The predicted molar refractivity (Wildman–Crippen MR) is 84.9 cm³/mol. The number of hydrogen-bond acceptors (Lipinski definition) is 7. The number of nitro groups is 1. The molecule has 0 N–H and O–H groups in total. The van der Waals surface area contributed by atoms with E-state index in [2.05, 4.69) is 19.9 Å². The molecule has 8 nitrogen and oxygen atoms in total. The minimum atomic E-state index is -0.474. The molecule has 1 saturated heterocycles. The quantitative estimate of drug-likeness (QED) is 0.627. The lowest BCUT2D eigenvalue weighted by molar-refractivity contribution is -0.385. The third kappa shape index (κ3) is 3.86. The van der Waals surface area contributed by atoms with Gasteiger partial charge in [-0.15, -0.1) is 0 Å². The molecule has 0 aromatic carbocycles. The normalized spacial score (nSPS) is 15.0. The van der Waals surface area contributed by atoms with E-state index < -0.39 is 4.92 Å². The summed E-state index contributed by atoms with van der Waals surface area (Å²) >= 11 is 0. The highest BCUT2D eigenvalue weighted by atomic mass is 16.6. The fraction of sp³-hybridized carbons (Fsp3) is 0.267. The molecule has 8 heteroatoms. The van der Waals surface area contributed by atoms with E-state index in [1.54, 1.807) is 24.5 Å². The van der Waals surface area contributed by atoms with E-state index in [-0.39, 0.29) is 5.69 Å². The van der Waals surface area contributed by atoms with E-state index in [1.165, 1.54) is 12.3 Å². The number of anilines is 1. The molecule has 0 unspecified atom stereocenters. The van der Waals surface area contributed by atoms with Crippen molar-refractivity contribution in [1.29, 1.82) is 0 Å². The maximum Gasteiger partial charge on any atom is 0.287 e. The van der Waals surface area contributed by atoms with E-state index in [0.29, 0.717) is 24.9 Å². The average Bonchev–Trinajstić information content (AvgIpc) is 2.61. The SMILES string of the molecule is O=[N+]([O-])c1ccc(C=Cc2cnc(N3CCOCC3)nc2)nc1. The first-order chi connectivity index (χ1) is 11.2. The summed E-state index contributed by atoms with van der Waals surface area (Å²) in [6.07, 6.45) is 8.28. The van der Waals surface area contributed by atoms with E-state index in [0.717, 1.165) is 18.7 Å². The summed E-state index contributed by atoms with van der Waals surface area (Å²) in [5.41, 5.74) is 1.44. The second kappa shape index (κ2) is 6.93. The largest absolute Gasteiger partial charge is 0.378 e. The summed E-state index contributed by atoms with van der Waals surface area (Å²) in [4.78, 5) is 24.9. The molecule has 0 bridgehead atoms. The molecule has 1 fully saturated rings. The zero-order valence-electron chi connectivity index (χ0n) is 12.3. The maximum atomic E-state index is 10.6. The van der Waals surface area contributed by atoms with E-state index in [1.807, 2.05) is 6.08 Å². The van der Waals surface area contributed by atoms with Crippen LogP contribution in [-0.4, -0.2) is 46.2 Å². The third-order valence-electron chi connectivity index (χ3n) is 3.38. The lowest BCUT2D eigenvalue weighted by Gasteiger charge is -2.26. The molecule has 0 spiro atoms. The number of nitrogens with zero attached hydrogens (tertiary/aromatic N) is 5. The van der Waals surface area contributed by atoms with Gasteiger partial charge in [-0.05, 0) is 18.2 Å². The summed E-state index contributed by atoms with van der Waals surface area (Å²) in [6, 6.07) is 3.02. The van der Waals surface area contributed by atoms with Gasteiger partial charge in [-0.1, -0.05) is 0 Å². The summed E-state index contributed by atoms with van der Waals surface area (Å²) < 4.78 is 5.30. The van der Waals surface area contributed by atoms with Crippen LogP contribution in [0.4, 0.5) is 11.6 Å². The topological polar surface area (TPSA) is 94.3 Å². The molecule has 0 atom stereocenters. The second-order valence-electron chi connectivity index (χ2n) is 4.95. The Balaban J connectivity index is 1.66. The van der Waals surface area contributed by atoms with E-state index >= 15 is 0 Å². The lowest BCUT2D eigenvalue weighted by atomic mass is 10.2. The Morgan fingerprint density at radius 2 is 1.83 bits per heavy atom. The van der Waals surface area contributed by atoms with Gasteiger partial charge < -0.3 is 9.64 Å². The average molecular weight is 313 g/mol. The third-order valence-corrected chi connectivity index (χ3v) is 3.38. The van der Waals surface area contributed by atoms with Crippen molar-refractivity contribution < 1.29 is 9.66 Å². The Morgan fingerprint density at radius 1 is 1.09 bits per heavy atom. The smallest absolute Gasteiger partial charge is 0.287 e. The number of morpholine rings is 1. The summed E-state index contributed by atoms with van der Waals surface area (Å²) in [5.74, 6) is 0.693. The van der Waals surface area contributed by atoms with Crippen LogP contribution in [0.1, 0.15) is 11.3 Å². The van der Waals surface area contributed by atoms with Crippen molar-refractivity contribution in [3.8, 4) is 0 Å². The van der Waals surface area contributed by atoms with Crippen LogP contribution >= 0.6 is 0 Å². The van der Waals surface area contributed by atoms with Crippen LogP contribution in [0.2, 0.25) is 0 Å². The van der Waals surface area contributed by atoms with Crippen molar-refractivity contribution >= 4 is 23.8 Å². The van der Waals surface area contributed by atoms with Crippen LogP contribution in [0.3, 0.4) is 0 Å². The Morgan fingerprint density at radius 3 is 2.43 bits per heavy atom. The van der Waals surface area contributed by atoms with Crippen molar-refractivity contribution in [3.05, 3.63) is 52.1 Å². The highest BCUT2D eigenvalue weighted by Crippen LogP contribution is 2.13. The molecule has 2 aromatic heterocycles. The molecule has 2 aromatic rings. The van der Waals surface area contributed by atoms with Crippen LogP contribution < -0.4 is 4.90 Å². The number of hydrogen-bond donors (Lipinski definition) is 0. The van der Waals surface area contributed by atoms with Crippen molar-refractivity contribution in [1.82, 2.24) is 15.0 Å². The van der Waals surface area contributed by atoms with Crippen molar-refractivity contribution in [3.63, 3.8) is 0 Å². The molecule has 0 saturated carbocycles. The summed E-state index contributed by atoms with van der Waals surface area (Å²) in [5, 5.41) is 10.6. The van der Waals surface area contributed by atoms with E-state index in [9.17, 15) is 10.1 Å². The van der Waals surface area contributed by atoms with Gasteiger partial charge in [-0.2, -0.15) is 0 Å². The zero-order chi connectivity index (χ0) is 16.1. The highest BCUT2D eigenvalue weighted by molar-refractivity contribution is 5.67. The fourth-order valence-electron chi connectivity index (χ4n) is 2.13. The van der Waals surface area contributed by atoms with Crippen LogP contribution in [0, 0.1) is 10.1 Å². The molecule has 3 heterocycles. The zero-order valence-corrected chi connectivity index (χ0v) is 12.3. The molecule has 0 radical (unpaired) electrons. The van der Waals surface area contributed by atoms with Gasteiger partial charge in [0, 0.05) is 37.1 Å². The minimum Gasteiger partial charge on any atom is -0.378 e. The second-order valence-corrected chi connectivity index (χ2v) is 4.95. The van der Waals surface area contributed by atoms with Gasteiger partial charge in [0.25, 0.3) is 5.69 Å². The van der Waals surface area contributed by atoms with Crippen LogP contribution in [0.25, 0.3) is 12.2 Å². The van der Waals surface area contributed by atoms with Gasteiger partial charge in [0.05, 0.1) is 23.8 Å². The first-order valence-corrected chi connectivity index (χ1v) is 7.15. The minimum absolute atomic E-state index is 0.0275. The number of aromatic nitrogens is 3. The van der Waals surface area contributed by atoms with Crippen LogP contribution in [-0.2, 0) is 4.74 Å². The molecular formula is C15H15N5O3. The van der Waals surface area contributed by atoms with Gasteiger partial charge in [-0.25, -0.2) is 15.0 Å². The monoisotopic (exact) mass is 313 g/mol. The Bertz CT molecular complexity index is 694. The summed E-state index contributed by atoms with van der Waals surface area (Å²) in [6.45, 7) is 2.97. The molecular weight excluding hydrogens is 298 g/mol. The van der Waals surface area contributed by atoms with Gasteiger partial charge in [0.15, 0.2) is 0 Å².